The average molecular weight is 351 g/mol. The first-order valence-electron chi connectivity index (χ1n) is 9.07. The van der Waals surface area contributed by atoms with Gasteiger partial charge in [0.25, 0.3) is 11.8 Å². The highest BCUT2D eigenvalue weighted by molar-refractivity contribution is 5.54. The van der Waals surface area contributed by atoms with Gasteiger partial charge < -0.3 is 19.1 Å². The Kier molecular flexibility index (Phi) is 3.74. The third-order valence-electron chi connectivity index (χ3n) is 5.74. The lowest BCUT2D eigenvalue weighted by atomic mass is 9.77. The molecule has 1 aliphatic heterocycles. The molecule has 0 bridgehead atoms. The molecule has 134 valence electrons. The Morgan fingerprint density at radius 1 is 1.08 bits per heavy atom. The van der Waals surface area contributed by atoms with Crippen LogP contribution in [0.25, 0.3) is 11.5 Å². The normalized spacial score (nSPS) is 28.3. The van der Waals surface area contributed by atoms with Crippen molar-refractivity contribution in [3.63, 3.8) is 0 Å². The summed E-state index contributed by atoms with van der Waals surface area (Å²) in [6, 6.07) is 9.92. The molecule has 2 aromatic heterocycles. The van der Waals surface area contributed by atoms with Crippen molar-refractivity contribution in [3.8, 4) is 11.5 Å². The predicted molar refractivity (Wildman–Crippen MR) is 95.4 cm³/mol. The van der Waals surface area contributed by atoms with Crippen LogP contribution in [0.5, 0.6) is 0 Å². The summed E-state index contributed by atoms with van der Waals surface area (Å²) < 4.78 is 7.49. The van der Waals surface area contributed by atoms with Gasteiger partial charge in [-0.05, 0) is 42.0 Å². The van der Waals surface area contributed by atoms with Crippen LogP contribution in [0.2, 0.25) is 0 Å². The molecule has 26 heavy (non-hydrogen) atoms. The number of aliphatic hydroxyl groups excluding tert-OH is 1. The molecule has 3 aromatic rings. The van der Waals surface area contributed by atoms with Gasteiger partial charge in [0, 0.05) is 31.0 Å². The molecular formula is C19H21N5O2. The molecule has 0 spiro atoms. The first kappa shape index (κ1) is 15.6. The van der Waals surface area contributed by atoms with Crippen molar-refractivity contribution in [1.82, 2.24) is 19.7 Å². The van der Waals surface area contributed by atoms with Gasteiger partial charge in [-0.15, -0.1) is 0 Å². The second kappa shape index (κ2) is 6.25. The molecule has 2 fully saturated rings. The summed E-state index contributed by atoms with van der Waals surface area (Å²) in [6.45, 7) is 1.77. The van der Waals surface area contributed by atoms with Crippen LogP contribution < -0.4 is 4.90 Å². The first-order valence-corrected chi connectivity index (χ1v) is 9.07. The Morgan fingerprint density at radius 3 is 2.65 bits per heavy atom. The fraction of sp³-hybridized carbons (Fsp3) is 0.421. The summed E-state index contributed by atoms with van der Waals surface area (Å²) in [5.41, 5.74) is 0.929. The van der Waals surface area contributed by atoms with E-state index in [4.69, 9.17) is 4.52 Å². The predicted octanol–water partition coefficient (Wildman–Crippen LogP) is 2.38. The molecule has 0 unspecified atom stereocenters. The van der Waals surface area contributed by atoms with Crippen LogP contribution in [0.1, 0.15) is 18.9 Å². The van der Waals surface area contributed by atoms with E-state index in [1.807, 2.05) is 41.1 Å². The lowest BCUT2D eigenvalue weighted by Gasteiger charge is -2.35. The maximum Gasteiger partial charge on any atom is 0.266 e. The summed E-state index contributed by atoms with van der Waals surface area (Å²) in [6.07, 6.45) is 6.91. The Hall–Kier alpha value is -2.67. The molecule has 1 saturated carbocycles. The number of fused-ring (bicyclic) bond motifs is 1. The third-order valence-corrected chi connectivity index (χ3v) is 5.74. The molecule has 3 heterocycles. The number of hydrogen-bond donors (Lipinski definition) is 1. The van der Waals surface area contributed by atoms with Gasteiger partial charge in [0.15, 0.2) is 0 Å². The quantitative estimate of drug-likeness (QED) is 0.780. The molecule has 4 atom stereocenters. The highest BCUT2D eigenvalue weighted by Crippen LogP contribution is 2.42. The van der Waals surface area contributed by atoms with Gasteiger partial charge in [0.1, 0.15) is 0 Å². The lowest BCUT2D eigenvalue weighted by molar-refractivity contribution is 0.0358. The van der Waals surface area contributed by atoms with Crippen molar-refractivity contribution in [3.05, 3.63) is 49.1 Å². The van der Waals surface area contributed by atoms with E-state index in [2.05, 4.69) is 20.0 Å². The van der Waals surface area contributed by atoms with E-state index in [0.29, 0.717) is 23.7 Å². The molecule has 5 rings (SSSR count). The lowest BCUT2D eigenvalue weighted by Crippen LogP contribution is -2.35. The second-order valence-electron chi connectivity index (χ2n) is 7.31. The first-order chi connectivity index (χ1) is 12.8. The fourth-order valence-electron chi connectivity index (χ4n) is 4.40. The largest absolute Gasteiger partial charge is 0.391 e. The molecule has 2 aliphatic rings. The van der Waals surface area contributed by atoms with Crippen molar-refractivity contribution in [2.75, 3.05) is 18.0 Å². The summed E-state index contributed by atoms with van der Waals surface area (Å²) in [4.78, 5) is 10.9. The number of aliphatic hydroxyl groups is 1. The van der Waals surface area contributed by atoms with Crippen LogP contribution in [-0.4, -0.2) is 44.0 Å². The molecule has 1 aliphatic carbocycles. The highest BCUT2D eigenvalue weighted by Gasteiger charge is 2.43. The summed E-state index contributed by atoms with van der Waals surface area (Å²) in [5.74, 6) is 2.17. The third kappa shape index (κ3) is 2.68. The van der Waals surface area contributed by atoms with Crippen molar-refractivity contribution < 1.29 is 9.63 Å². The van der Waals surface area contributed by atoms with E-state index in [-0.39, 0.29) is 12.1 Å². The van der Waals surface area contributed by atoms with Gasteiger partial charge in [0.2, 0.25) is 0 Å². The van der Waals surface area contributed by atoms with E-state index in [0.717, 1.165) is 31.5 Å². The standard InChI is InChI=1S/C19H21N5O2/c25-17-9-15-11-24(10-14(15)8-16(17)23-7-6-20-12-23)19-21-18(26-22-19)13-4-2-1-3-5-13/h1-7,12,14-17,25H,8-11H2/t14-,15+,16-,17-/m1/s1. The summed E-state index contributed by atoms with van der Waals surface area (Å²) >= 11 is 0. The van der Waals surface area contributed by atoms with Crippen LogP contribution in [-0.2, 0) is 0 Å². The Bertz CT molecular complexity index is 863. The van der Waals surface area contributed by atoms with Gasteiger partial charge in [-0.3, -0.25) is 0 Å². The molecule has 1 saturated heterocycles. The van der Waals surface area contributed by atoms with Crippen molar-refractivity contribution in [1.29, 1.82) is 0 Å². The minimum atomic E-state index is -0.337. The molecule has 1 aromatic carbocycles. The van der Waals surface area contributed by atoms with Gasteiger partial charge >= 0.3 is 0 Å². The monoisotopic (exact) mass is 351 g/mol. The number of rotatable bonds is 3. The molecule has 0 amide bonds. The van der Waals surface area contributed by atoms with Crippen molar-refractivity contribution in [2.45, 2.75) is 25.0 Å². The van der Waals surface area contributed by atoms with Gasteiger partial charge in [-0.1, -0.05) is 18.2 Å². The van der Waals surface area contributed by atoms with Gasteiger partial charge in [-0.2, -0.15) is 4.98 Å². The van der Waals surface area contributed by atoms with Gasteiger partial charge in [0.05, 0.1) is 18.5 Å². The maximum absolute atomic E-state index is 10.6. The zero-order valence-electron chi connectivity index (χ0n) is 14.3. The van der Waals surface area contributed by atoms with Crippen LogP contribution in [0.4, 0.5) is 5.95 Å². The minimum Gasteiger partial charge on any atom is -0.391 e. The molecule has 7 heteroatoms. The number of imidazole rings is 1. The fourth-order valence-corrected chi connectivity index (χ4v) is 4.40. The van der Waals surface area contributed by atoms with Crippen LogP contribution in [0.15, 0.2) is 53.6 Å². The van der Waals surface area contributed by atoms with Crippen molar-refractivity contribution >= 4 is 5.95 Å². The molecule has 0 radical (unpaired) electrons. The van der Waals surface area contributed by atoms with Crippen molar-refractivity contribution in [2.24, 2.45) is 11.8 Å². The second-order valence-corrected chi connectivity index (χ2v) is 7.31. The smallest absolute Gasteiger partial charge is 0.266 e. The van der Waals surface area contributed by atoms with E-state index in [1.54, 1.807) is 12.5 Å². The SMILES string of the molecule is O[C@@H]1C[C@H]2CN(c3noc(-c4ccccc4)n3)C[C@H]2C[C@H]1n1ccnc1. The van der Waals surface area contributed by atoms with E-state index < -0.39 is 0 Å². The van der Waals surface area contributed by atoms with Crippen LogP contribution in [0.3, 0.4) is 0 Å². The zero-order chi connectivity index (χ0) is 17.5. The maximum atomic E-state index is 10.6. The summed E-state index contributed by atoms with van der Waals surface area (Å²) in [5, 5.41) is 14.8. The Balaban J connectivity index is 1.32. The Morgan fingerprint density at radius 2 is 1.88 bits per heavy atom. The van der Waals surface area contributed by atoms with Crippen LogP contribution >= 0.6 is 0 Å². The van der Waals surface area contributed by atoms with E-state index >= 15 is 0 Å². The average Bonchev–Trinajstić information content (AvgIpc) is 3.41. The number of aromatic nitrogens is 4. The number of nitrogens with zero attached hydrogens (tertiary/aromatic N) is 5. The van der Waals surface area contributed by atoms with Gasteiger partial charge in [-0.25, -0.2) is 4.98 Å². The Labute approximate surface area is 151 Å². The number of hydrogen-bond acceptors (Lipinski definition) is 6. The topological polar surface area (TPSA) is 80.2 Å². The molecular weight excluding hydrogens is 330 g/mol. The van der Waals surface area contributed by atoms with E-state index in [9.17, 15) is 5.11 Å². The minimum absolute atomic E-state index is 0.101. The van der Waals surface area contributed by atoms with Crippen LogP contribution in [0, 0.1) is 11.8 Å². The molecule has 7 nitrogen and oxygen atoms in total. The summed E-state index contributed by atoms with van der Waals surface area (Å²) in [7, 11) is 0. The molecule has 1 N–H and O–H groups in total. The number of benzene rings is 1. The van der Waals surface area contributed by atoms with E-state index in [1.165, 1.54) is 0 Å². The zero-order valence-corrected chi connectivity index (χ0v) is 14.3. The number of anilines is 1. The highest BCUT2D eigenvalue weighted by atomic mass is 16.5.